The molecule has 0 aliphatic rings. The summed E-state index contributed by atoms with van der Waals surface area (Å²) in [6, 6.07) is 20.0. The van der Waals surface area contributed by atoms with E-state index in [1.807, 2.05) is 24.3 Å². The van der Waals surface area contributed by atoms with Gasteiger partial charge in [-0.3, -0.25) is 0 Å². The predicted molar refractivity (Wildman–Crippen MR) is 450 cm³/mol. The Morgan fingerprint density at radius 1 is 0.183 bits per heavy atom. The molecule has 0 heterocycles. The molecule has 4 rings (SSSR count). The number of unbranched alkanes of at least 4 members (excludes halogenated alkanes) is 54. The minimum absolute atomic E-state index is 0.0873. The summed E-state index contributed by atoms with van der Waals surface area (Å²) in [5, 5.41) is 24.0. The molecule has 4 aromatic carbocycles. The maximum Gasteiger partial charge on any atom is 0.203 e. The Labute approximate surface area is 641 Å². The van der Waals surface area contributed by atoms with Gasteiger partial charge in [-0.05, 0) is 109 Å². The molecule has 0 saturated heterocycles. The van der Waals surface area contributed by atoms with E-state index < -0.39 is 0 Å². The molecule has 0 aliphatic heterocycles. The van der Waals surface area contributed by atoms with Gasteiger partial charge in [0.05, 0.1) is 39.6 Å². The lowest BCUT2D eigenvalue weighted by Gasteiger charge is -2.20. The molecule has 0 radical (unpaired) electrons. The minimum atomic E-state index is 0.0873. The Hall–Kier alpha value is -4.72. The average Bonchev–Trinajstić information content (AvgIpc) is 0.797. The molecule has 0 atom stereocenters. The van der Waals surface area contributed by atoms with Gasteiger partial charge in [-0.25, -0.2) is 0 Å². The first kappa shape index (κ1) is 91.7. The van der Waals surface area contributed by atoms with Crippen molar-refractivity contribution in [2.45, 2.75) is 427 Å². The van der Waals surface area contributed by atoms with E-state index >= 15 is 0 Å². The zero-order valence-corrected chi connectivity index (χ0v) is 68.8. The highest BCUT2D eigenvalue weighted by molar-refractivity contribution is 5.85. The molecular weight excluding hydrogens is 1280 g/mol. The second-order valence-corrected chi connectivity index (χ2v) is 31.2. The van der Waals surface area contributed by atoms with Gasteiger partial charge in [-0.15, -0.1) is 0 Å². The van der Waals surface area contributed by atoms with E-state index in [-0.39, 0.29) is 11.5 Å². The third kappa shape index (κ3) is 43.9. The Morgan fingerprint density at radius 2 is 0.346 bits per heavy atom. The van der Waals surface area contributed by atoms with E-state index in [0.29, 0.717) is 85.3 Å². The van der Waals surface area contributed by atoms with Crippen molar-refractivity contribution >= 4 is 0 Å². The third-order valence-corrected chi connectivity index (χ3v) is 21.5. The van der Waals surface area contributed by atoms with Gasteiger partial charge in [-0.2, -0.15) is 0 Å². The third-order valence-electron chi connectivity index (χ3n) is 21.5. The number of aromatic hydroxyl groups is 2. The number of phenols is 2. The summed E-state index contributed by atoms with van der Waals surface area (Å²) in [4.78, 5) is 0. The summed E-state index contributed by atoms with van der Waals surface area (Å²) in [7, 11) is 0. The second kappa shape index (κ2) is 65.4. The van der Waals surface area contributed by atoms with Crippen LogP contribution in [0.15, 0.2) is 60.7 Å². The van der Waals surface area contributed by atoms with Crippen LogP contribution in [0.5, 0.6) is 46.0 Å². The fourth-order valence-electron chi connectivity index (χ4n) is 14.7. The maximum atomic E-state index is 12.0. The monoisotopic (exact) mass is 1440 g/mol. The number of ether oxygens (including phenoxy) is 6. The Bertz CT molecular complexity index is 2340. The van der Waals surface area contributed by atoms with Crippen LogP contribution in [-0.4, -0.2) is 49.9 Å². The lowest BCUT2D eigenvalue weighted by molar-refractivity contribution is 0.234. The fraction of sp³-hybridized carbons (Fsp3) is 0.750. The minimum Gasteiger partial charge on any atom is -0.507 e. The molecular formula is C96H162O8. The van der Waals surface area contributed by atoms with Gasteiger partial charge in [0, 0.05) is 11.1 Å². The summed E-state index contributed by atoms with van der Waals surface area (Å²) in [5.74, 6) is 4.39. The van der Waals surface area contributed by atoms with Gasteiger partial charge in [-0.1, -0.05) is 400 Å². The van der Waals surface area contributed by atoms with Crippen LogP contribution in [0, 0.1) is 0 Å². The van der Waals surface area contributed by atoms with Gasteiger partial charge in [0.2, 0.25) is 11.5 Å². The van der Waals surface area contributed by atoms with E-state index in [0.717, 1.165) is 99.3 Å². The standard InChI is InChI=1S/C96H162O8/c1-7-13-19-25-31-37-43-49-55-61-71-99-91-79-85(80-92(100-72-62-56-50-44-38-32-26-20-14-8-2)95(91)103-75-65-59-53-47-41-35-29-23-17-11-5)83-67-69-89(97)87(77-83)88-78-84(68-70-90(88)98)86-81-93(101-73-63-57-51-45-39-33-27-21-15-9-3)96(104-76-66-60-54-48-42-36-30-24-18-12-6)94(82-86)102-74-64-58-52-46-40-34-28-22-16-10-4/h67-70,77-82,97-98H,7-66,71-76H2,1-6H3. The number of rotatable bonds is 75. The molecule has 0 aliphatic carbocycles. The zero-order chi connectivity index (χ0) is 74.1. The van der Waals surface area contributed by atoms with E-state index in [9.17, 15) is 10.2 Å². The van der Waals surface area contributed by atoms with Crippen molar-refractivity contribution < 1.29 is 38.6 Å². The lowest BCUT2D eigenvalue weighted by Crippen LogP contribution is -2.07. The summed E-state index contributed by atoms with van der Waals surface area (Å²) in [6.07, 6.45) is 75.7. The highest BCUT2D eigenvalue weighted by atomic mass is 16.5. The van der Waals surface area contributed by atoms with Crippen molar-refractivity contribution in [1.82, 2.24) is 0 Å². The van der Waals surface area contributed by atoms with Gasteiger partial charge in [0.1, 0.15) is 11.5 Å². The molecule has 0 fully saturated rings. The molecule has 0 aromatic heterocycles. The van der Waals surface area contributed by atoms with Crippen molar-refractivity contribution in [3.8, 4) is 79.4 Å². The lowest BCUT2D eigenvalue weighted by atomic mass is 9.94. The van der Waals surface area contributed by atoms with E-state index in [4.69, 9.17) is 28.4 Å². The molecule has 0 bridgehead atoms. The quantitative estimate of drug-likeness (QED) is 0.0422. The molecule has 104 heavy (non-hydrogen) atoms. The van der Waals surface area contributed by atoms with E-state index in [1.54, 1.807) is 12.1 Å². The summed E-state index contributed by atoms with van der Waals surface area (Å²) in [6.45, 7) is 17.3. The molecule has 0 spiro atoms. The van der Waals surface area contributed by atoms with Crippen LogP contribution in [-0.2, 0) is 0 Å². The van der Waals surface area contributed by atoms with Crippen LogP contribution in [0.3, 0.4) is 0 Å². The fourth-order valence-corrected chi connectivity index (χ4v) is 14.7. The van der Waals surface area contributed by atoms with Crippen molar-refractivity contribution in [3.05, 3.63) is 60.7 Å². The molecule has 4 aromatic rings. The van der Waals surface area contributed by atoms with E-state index in [2.05, 4.69) is 65.8 Å². The first-order chi connectivity index (χ1) is 51.4. The molecule has 8 nitrogen and oxygen atoms in total. The Morgan fingerprint density at radius 3 is 0.529 bits per heavy atom. The highest BCUT2D eigenvalue weighted by Crippen LogP contribution is 2.47. The summed E-state index contributed by atoms with van der Waals surface area (Å²) < 4.78 is 41.2. The van der Waals surface area contributed by atoms with Crippen LogP contribution in [0.1, 0.15) is 427 Å². The smallest absolute Gasteiger partial charge is 0.203 e. The van der Waals surface area contributed by atoms with Crippen LogP contribution in [0.25, 0.3) is 33.4 Å². The first-order valence-electron chi connectivity index (χ1n) is 45.2. The van der Waals surface area contributed by atoms with Gasteiger partial charge in [0.25, 0.3) is 0 Å². The summed E-state index contributed by atoms with van der Waals surface area (Å²) in [5.41, 5.74) is 4.65. The molecule has 0 saturated carbocycles. The highest BCUT2D eigenvalue weighted by Gasteiger charge is 2.22. The molecule has 594 valence electrons. The number of hydrogen-bond donors (Lipinski definition) is 2. The summed E-state index contributed by atoms with van der Waals surface area (Å²) >= 11 is 0. The van der Waals surface area contributed by atoms with Crippen molar-refractivity contribution in [1.29, 1.82) is 0 Å². The molecule has 0 amide bonds. The van der Waals surface area contributed by atoms with Crippen molar-refractivity contribution in [2.24, 2.45) is 0 Å². The number of phenolic OH excluding ortho intramolecular Hbond substituents is 2. The molecule has 8 heteroatoms. The SMILES string of the molecule is CCCCCCCCCCCCOc1cc(-c2ccc(O)c(-c3cc(-c4cc(OCCCCCCCCCCCC)c(OCCCCCCCCCCCC)c(OCCCCCCCCCCCC)c4)ccc3O)c2)cc(OCCCCCCCCCCCC)c1OCCCCCCCCCCCC. The predicted octanol–water partition coefficient (Wildman–Crippen LogP) is 31.9. The Kier molecular flexibility index (Phi) is 57.6. The molecule has 0 unspecified atom stereocenters. The average molecular weight is 1440 g/mol. The number of hydrogen-bond acceptors (Lipinski definition) is 8. The maximum absolute atomic E-state index is 12.0. The van der Waals surface area contributed by atoms with Crippen LogP contribution >= 0.6 is 0 Å². The van der Waals surface area contributed by atoms with Gasteiger partial charge in [0.15, 0.2) is 23.0 Å². The van der Waals surface area contributed by atoms with Gasteiger partial charge >= 0.3 is 0 Å². The van der Waals surface area contributed by atoms with Crippen molar-refractivity contribution in [3.63, 3.8) is 0 Å². The normalized spacial score (nSPS) is 11.5. The van der Waals surface area contributed by atoms with E-state index in [1.165, 1.54) is 308 Å². The van der Waals surface area contributed by atoms with Gasteiger partial charge < -0.3 is 38.6 Å². The van der Waals surface area contributed by atoms with Crippen LogP contribution < -0.4 is 28.4 Å². The zero-order valence-electron chi connectivity index (χ0n) is 68.8. The van der Waals surface area contributed by atoms with Crippen LogP contribution in [0.4, 0.5) is 0 Å². The first-order valence-corrected chi connectivity index (χ1v) is 45.2. The largest absolute Gasteiger partial charge is 0.507 e. The second-order valence-electron chi connectivity index (χ2n) is 31.2. The number of benzene rings is 4. The van der Waals surface area contributed by atoms with Crippen LogP contribution in [0.2, 0.25) is 0 Å². The Balaban J connectivity index is 1.72. The van der Waals surface area contributed by atoms with Crippen molar-refractivity contribution in [2.75, 3.05) is 39.6 Å². The topological polar surface area (TPSA) is 95.8 Å². The molecule has 2 N–H and O–H groups in total.